The third-order valence-corrected chi connectivity index (χ3v) is 11.1. The van der Waals surface area contributed by atoms with E-state index in [9.17, 15) is 4.79 Å². The van der Waals surface area contributed by atoms with E-state index in [4.69, 9.17) is 0 Å². The van der Waals surface area contributed by atoms with Crippen molar-refractivity contribution in [2.24, 2.45) is 21.3 Å². The topological polar surface area (TPSA) is 63.5 Å². The maximum absolute atomic E-state index is 13.7. The summed E-state index contributed by atoms with van der Waals surface area (Å²) in [6.07, 6.45) is 8.29. The first-order chi connectivity index (χ1) is 18.8. The van der Waals surface area contributed by atoms with Crippen molar-refractivity contribution in [1.29, 1.82) is 0 Å². The first-order valence-electron chi connectivity index (χ1n) is 15.4. The number of nitrogens with one attached hydrogen (secondary N) is 1. The summed E-state index contributed by atoms with van der Waals surface area (Å²) in [5.41, 5.74) is 1.78. The molecule has 7 nitrogen and oxygen atoms in total. The number of benzene rings is 1. The van der Waals surface area contributed by atoms with Crippen LogP contribution in [0.4, 0.5) is 0 Å². The van der Waals surface area contributed by atoms with Gasteiger partial charge in [0, 0.05) is 56.1 Å². The van der Waals surface area contributed by atoms with Crippen LogP contribution in [0.1, 0.15) is 65.4 Å². The molecule has 0 spiro atoms. The zero-order valence-electron chi connectivity index (χ0n) is 24.5. The Morgan fingerprint density at radius 2 is 1.90 bits per heavy atom. The van der Waals surface area contributed by atoms with Crippen LogP contribution in [-0.2, 0) is 11.2 Å². The predicted octanol–water partition coefficient (Wildman–Crippen LogP) is 3.64. The highest BCUT2D eigenvalue weighted by Gasteiger charge is 2.73. The minimum atomic E-state index is -0.489. The van der Waals surface area contributed by atoms with E-state index in [2.05, 4.69) is 81.1 Å². The van der Waals surface area contributed by atoms with E-state index < -0.39 is 5.41 Å². The molecule has 39 heavy (non-hydrogen) atoms. The van der Waals surface area contributed by atoms with Crippen LogP contribution in [0.5, 0.6) is 0 Å². The smallest absolute Gasteiger partial charge is 0.237 e. The molecule has 5 atom stereocenters. The van der Waals surface area contributed by atoms with Gasteiger partial charge in [-0.25, -0.2) is 4.99 Å². The third-order valence-electron chi connectivity index (χ3n) is 11.1. The number of rotatable bonds is 6. The molecule has 212 valence electrons. The number of hydrogen-bond acceptors (Lipinski definition) is 6. The summed E-state index contributed by atoms with van der Waals surface area (Å²) < 4.78 is 0. The minimum absolute atomic E-state index is 0.150. The molecule has 5 aliphatic rings. The zero-order chi connectivity index (χ0) is 27.3. The second-order valence-electron chi connectivity index (χ2n) is 13.5. The first-order valence-corrected chi connectivity index (χ1v) is 15.4. The third kappa shape index (κ3) is 4.78. The fourth-order valence-electron chi connectivity index (χ4n) is 8.31. The van der Waals surface area contributed by atoms with Crippen molar-refractivity contribution >= 4 is 18.0 Å². The van der Waals surface area contributed by atoms with Gasteiger partial charge in [0.15, 0.2) is 0 Å². The molecule has 0 aromatic heterocycles. The Morgan fingerprint density at radius 1 is 1.13 bits per heavy atom. The summed E-state index contributed by atoms with van der Waals surface area (Å²) in [6, 6.07) is 12.2. The number of piperazine rings is 1. The van der Waals surface area contributed by atoms with Gasteiger partial charge >= 0.3 is 0 Å². The van der Waals surface area contributed by atoms with Crippen molar-refractivity contribution in [2.45, 2.75) is 89.4 Å². The summed E-state index contributed by atoms with van der Waals surface area (Å²) in [6.45, 7) is 16.3. The van der Waals surface area contributed by atoms with Gasteiger partial charge < -0.3 is 10.2 Å². The van der Waals surface area contributed by atoms with Gasteiger partial charge in [-0.2, -0.15) is 0 Å². The van der Waals surface area contributed by atoms with E-state index in [0.717, 1.165) is 77.2 Å². The van der Waals surface area contributed by atoms with Crippen molar-refractivity contribution < 1.29 is 4.79 Å². The Bertz CT molecular complexity index is 1100. The van der Waals surface area contributed by atoms with E-state index in [1.807, 2.05) is 6.92 Å². The average molecular weight is 533 g/mol. The number of amides is 1. The van der Waals surface area contributed by atoms with E-state index in [0.29, 0.717) is 18.0 Å². The van der Waals surface area contributed by atoms with Gasteiger partial charge in [0.2, 0.25) is 5.91 Å². The van der Waals surface area contributed by atoms with Crippen LogP contribution in [0.3, 0.4) is 0 Å². The van der Waals surface area contributed by atoms with Crippen LogP contribution in [0, 0.1) is 11.3 Å². The van der Waals surface area contributed by atoms with Gasteiger partial charge in [-0.1, -0.05) is 30.3 Å². The molecule has 4 heterocycles. The van der Waals surface area contributed by atoms with Crippen LogP contribution in [0.2, 0.25) is 0 Å². The monoisotopic (exact) mass is 532 g/mol. The van der Waals surface area contributed by atoms with Crippen molar-refractivity contribution in [3.05, 3.63) is 35.9 Å². The normalized spacial score (nSPS) is 35.7. The molecule has 1 saturated carbocycles. The van der Waals surface area contributed by atoms with Crippen molar-refractivity contribution in [3.63, 3.8) is 0 Å². The summed E-state index contributed by atoms with van der Waals surface area (Å²) in [7, 11) is 0. The van der Waals surface area contributed by atoms with E-state index in [-0.39, 0.29) is 17.0 Å². The summed E-state index contributed by atoms with van der Waals surface area (Å²) in [4.78, 5) is 30.5. The molecule has 3 saturated heterocycles. The van der Waals surface area contributed by atoms with Crippen LogP contribution >= 0.6 is 0 Å². The first kappa shape index (κ1) is 27.1. The molecule has 4 fully saturated rings. The number of fused-ring (bicyclic) bond motifs is 1. The lowest BCUT2D eigenvalue weighted by molar-refractivity contribution is -0.138. The highest BCUT2D eigenvalue weighted by atomic mass is 16.2. The lowest BCUT2D eigenvalue weighted by Crippen LogP contribution is -2.65. The second-order valence-corrected chi connectivity index (χ2v) is 13.5. The standard InChI is InChI=1S/C32H48N6O/c1-24-21-37(17-18-38(24)28(27-11-8-14-33-20-27)19-26-9-6-5-7-10-26)30(3)12-15-36(16-13-30)29(39)32-22-31(32,4)35-23-34-25(32)2/h5-7,9-10,23-24,27-28,33H,8,11-22H2,1-4H3/t24-,27?,28?,31?,32?/m0/s1. The Morgan fingerprint density at radius 3 is 2.56 bits per heavy atom. The second kappa shape index (κ2) is 10.4. The number of nitrogens with zero attached hydrogens (tertiary/aromatic N) is 5. The van der Waals surface area contributed by atoms with Gasteiger partial charge in [0.05, 0.1) is 5.54 Å². The largest absolute Gasteiger partial charge is 0.342 e. The average Bonchev–Trinajstić information content (AvgIpc) is 3.61. The molecule has 0 bridgehead atoms. The number of aliphatic imine (C=N–C) groups is 2. The van der Waals surface area contributed by atoms with Gasteiger partial charge in [-0.3, -0.25) is 19.6 Å². The predicted molar refractivity (Wildman–Crippen MR) is 159 cm³/mol. The van der Waals surface area contributed by atoms with Gasteiger partial charge in [-0.05, 0) is 90.8 Å². The lowest BCUT2D eigenvalue weighted by atomic mass is 9.83. The lowest BCUT2D eigenvalue weighted by Gasteiger charge is -2.54. The Hall–Kier alpha value is -2.09. The fraction of sp³-hybridized carbons (Fsp3) is 0.719. The molecule has 1 aromatic carbocycles. The van der Waals surface area contributed by atoms with E-state index in [1.165, 1.54) is 18.4 Å². The summed E-state index contributed by atoms with van der Waals surface area (Å²) in [5, 5.41) is 3.68. The molecule has 7 heteroatoms. The number of carbonyl (C=O) groups excluding carboxylic acids is 1. The van der Waals surface area contributed by atoms with Crippen LogP contribution in [0.15, 0.2) is 40.3 Å². The molecule has 1 amide bonds. The Balaban J connectivity index is 1.09. The quantitative estimate of drug-likeness (QED) is 0.608. The van der Waals surface area contributed by atoms with Crippen LogP contribution in [-0.4, -0.2) is 102 Å². The molecular weight excluding hydrogens is 484 g/mol. The molecule has 4 aliphatic heterocycles. The number of hydrogen-bond donors (Lipinski definition) is 1. The van der Waals surface area contributed by atoms with Gasteiger partial charge in [0.25, 0.3) is 0 Å². The zero-order valence-corrected chi connectivity index (χ0v) is 24.5. The minimum Gasteiger partial charge on any atom is -0.342 e. The number of likely N-dealkylation sites (tertiary alicyclic amines) is 1. The Kier molecular flexibility index (Phi) is 7.22. The van der Waals surface area contributed by atoms with Gasteiger partial charge in [0.1, 0.15) is 11.8 Å². The Labute approximate surface area is 235 Å². The molecule has 4 unspecified atom stereocenters. The molecule has 6 rings (SSSR count). The van der Waals surface area contributed by atoms with Crippen molar-refractivity contribution in [3.8, 4) is 0 Å². The SMILES string of the molecule is CC1=NC=NC2(C)CC12C(=O)N1CCC(C)(N2CCN(C(Cc3ccccc3)C3CCCNC3)[C@@H](C)C2)CC1. The maximum atomic E-state index is 13.7. The summed E-state index contributed by atoms with van der Waals surface area (Å²) in [5.74, 6) is 0.967. The molecule has 1 aromatic rings. The van der Waals surface area contributed by atoms with Crippen LogP contribution < -0.4 is 5.32 Å². The summed E-state index contributed by atoms with van der Waals surface area (Å²) >= 11 is 0. The molecule has 0 radical (unpaired) electrons. The molecular formula is C32H48N6O. The highest BCUT2D eigenvalue weighted by Crippen LogP contribution is 2.62. The van der Waals surface area contributed by atoms with Crippen molar-refractivity contribution in [1.82, 2.24) is 20.0 Å². The maximum Gasteiger partial charge on any atom is 0.237 e. The highest BCUT2D eigenvalue weighted by molar-refractivity contribution is 6.15. The van der Waals surface area contributed by atoms with Crippen LogP contribution in [0.25, 0.3) is 0 Å². The number of carbonyl (C=O) groups is 1. The van der Waals surface area contributed by atoms with E-state index >= 15 is 0 Å². The molecule has 1 aliphatic carbocycles. The van der Waals surface area contributed by atoms with Gasteiger partial charge in [-0.15, -0.1) is 0 Å². The fourth-order valence-corrected chi connectivity index (χ4v) is 8.31. The molecule has 1 N–H and O–H groups in total. The van der Waals surface area contributed by atoms with Crippen molar-refractivity contribution in [2.75, 3.05) is 45.8 Å². The van der Waals surface area contributed by atoms with E-state index in [1.54, 1.807) is 6.34 Å². The number of piperidine rings is 2.